The molecule has 0 aromatic heterocycles. The van der Waals surface area contributed by atoms with Crippen LogP contribution in [0.2, 0.25) is 5.02 Å². The Kier molecular flexibility index (Phi) is 9.83. The fraction of sp³-hybridized carbons (Fsp3) is 0.478. The summed E-state index contributed by atoms with van der Waals surface area (Å²) in [7, 11) is 0. The Balaban J connectivity index is 0.684. The lowest BCUT2D eigenvalue weighted by Crippen LogP contribution is -2.54. The number of rotatable bonds is 6. The summed E-state index contributed by atoms with van der Waals surface area (Å²) in [4.78, 5) is 77.2. The largest absolute Gasteiger partial charge is 0.371 e. The molecule has 3 aromatic rings. The summed E-state index contributed by atoms with van der Waals surface area (Å²) >= 11 is 6.33. The smallest absolute Gasteiger partial charge is 0.262 e. The molecule has 14 heteroatoms. The second-order valence-corrected chi connectivity index (χ2v) is 18.5. The van der Waals surface area contributed by atoms with E-state index in [2.05, 4.69) is 43.1 Å². The number of hydrogen-bond donors (Lipinski definition) is 1. The number of amides is 5. The minimum absolute atomic E-state index is 0.0981. The van der Waals surface area contributed by atoms with Crippen LogP contribution in [0.25, 0.3) is 0 Å². The lowest BCUT2D eigenvalue weighted by Gasteiger charge is -2.39. The van der Waals surface area contributed by atoms with Gasteiger partial charge in [0.1, 0.15) is 12.1 Å². The van der Waals surface area contributed by atoms with Crippen LogP contribution < -0.4 is 20.0 Å². The van der Waals surface area contributed by atoms with E-state index in [4.69, 9.17) is 11.6 Å². The van der Waals surface area contributed by atoms with Crippen LogP contribution in [0.15, 0.2) is 60.7 Å². The van der Waals surface area contributed by atoms with Gasteiger partial charge in [-0.2, -0.15) is 5.26 Å². The Hall–Kier alpha value is -5.45. The normalized spacial score (nSPS) is 25.6. The quantitative estimate of drug-likeness (QED) is 0.346. The summed E-state index contributed by atoms with van der Waals surface area (Å²) in [6.45, 7) is 9.36. The van der Waals surface area contributed by atoms with Gasteiger partial charge in [0, 0.05) is 101 Å². The summed E-state index contributed by atoms with van der Waals surface area (Å²) in [5, 5.41) is 12.0. The molecule has 6 saturated heterocycles. The second-order valence-electron chi connectivity index (χ2n) is 18.1. The van der Waals surface area contributed by atoms with E-state index in [1.54, 1.807) is 18.2 Å². The van der Waals surface area contributed by atoms with Gasteiger partial charge in [-0.25, -0.2) is 0 Å². The number of fused-ring (bicyclic) bond motifs is 2. The number of anilines is 3. The molecule has 5 amide bonds. The van der Waals surface area contributed by atoms with Crippen molar-refractivity contribution in [1.29, 1.82) is 5.26 Å². The average Bonchev–Trinajstić information content (AvgIpc) is 4.03. The van der Waals surface area contributed by atoms with Crippen molar-refractivity contribution in [1.82, 2.24) is 20.0 Å². The molecule has 3 aromatic carbocycles. The Bertz CT molecular complexity index is 2300. The van der Waals surface area contributed by atoms with Crippen LogP contribution in [0.3, 0.4) is 0 Å². The van der Waals surface area contributed by atoms with Gasteiger partial charge in [-0.3, -0.25) is 39.1 Å². The Labute approximate surface area is 354 Å². The first-order valence-corrected chi connectivity index (χ1v) is 21.9. The molecule has 0 aliphatic carbocycles. The Morgan fingerprint density at radius 1 is 0.717 bits per heavy atom. The maximum atomic E-state index is 13.6. The second kappa shape index (κ2) is 15.2. The van der Waals surface area contributed by atoms with Crippen molar-refractivity contribution in [2.24, 2.45) is 17.3 Å². The van der Waals surface area contributed by atoms with Crippen molar-refractivity contribution in [2.45, 2.75) is 57.0 Å². The molecule has 1 N–H and O–H groups in total. The highest BCUT2D eigenvalue weighted by molar-refractivity contribution is 6.32. The first kappa shape index (κ1) is 38.7. The third kappa shape index (κ3) is 6.87. The summed E-state index contributed by atoms with van der Waals surface area (Å²) in [6.07, 6.45) is 5.35. The minimum Gasteiger partial charge on any atom is -0.371 e. The summed E-state index contributed by atoms with van der Waals surface area (Å²) in [5.74, 6) is -0.604. The third-order valence-electron chi connectivity index (χ3n) is 14.8. The number of nitrogens with zero attached hydrogens (tertiary/aromatic N) is 7. The number of carbonyl (C=O) groups excluding carboxylic acids is 5. The number of piperidine rings is 3. The van der Waals surface area contributed by atoms with E-state index < -0.39 is 23.8 Å². The lowest BCUT2D eigenvalue weighted by molar-refractivity contribution is -0.136. The Morgan fingerprint density at radius 3 is 2.05 bits per heavy atom. The first-order chi connectivity index (χ1) is 29.1. The maximum Gasteiger partial charge on any atom is 0.262 e. The molecule has 1 spiro atoms. The number of benzene rings is 3. The first-order valence-electron chi connectivity index (χ1n) is 21.5. The summed E-state index contributed by atoms with van der Waals surface area (Å²) < 4.78 is 0. The van der Waals surface area contributed by atoms with Gasteiger partial charge in [-0.15, -0.1) is 0 Å². The molecule has 310 valence electrons. The van der Waals surface area contributed by atoms with Crippen molar-refractivity contribution >= 4 is 58.2 Å². The number of nitrogens with one attached hydrogen (secondary N) is 1. The van der Waals surface area contributed by atoms with Crippen LogP contribution >= 0.6 is 11.6 Å². The van der Waals surface area contributed by atoms with E-state index in [-0.39, 0.29) is 30.1 Å². The van der Waals surface area contributed by atoms with E-state index >= 15 is 0 Å². The van der Waals surface area contributed by atoms with E-state index in [9.17, 15) is 29.2 Å². The number of imide groups is 2. The molecule has 60 heavy (non-hydrogen) atoms. The van der Waals surface area contributed by atoms with Gasteiger partial charge < -0.3 is 19.6 Å². The number of hydrogen-bond acceptors (Lipinski definition) is 10. The highest BCUT2D eigenvalue weighted by Gasteiger charge is 2.46. The zero-order valence-electron chi connectivity index (χ0n) is 33.7. The predicted molar refractivity (Wildman–Crippen MR) is 226 cm³/mol. The van der Waals surface area contributed by atoms with Crippen LogP contribution in [0.5, 0.6) is 0 Å². The predicted octanol–water partition coefficient (Wildman–Crippen LogP) is 4.78. The van der Waals surface area contributed by atoms with E-state index in [0.29, 0.717) is 39.6 Å². The summed E-state index contributed by atoms with van der Waals surface area (Å²) in [5.41, 5.74) is 5.23. The molecule has 7 heterocycles. The van der Waals surface area contributed by atoms with Crippen LogP contribution in [0.1, 0.15) is 81.6 Å². The zero-order valence-corrected chi connectivity index (χ0v) is 34.4. The lowest BCUT2D eigenvalue weighted by atomic mass is 9.77. The standard InChI is InChI=1S/C46H49ClN8O5/c47-39-22-36(6-3-30(39)23-48)52-20-15-46(28-52)13-18-51(19-14-46)43(58)29-1-4-33(5-2-29)53-24-31-26-54(27-32(31)25-53)34-11-16-50(17-12-34)35-7-8-37-38(21-35)45(60)55(44(37)59)40-9-10-41(56)49-42(40)57/h1-8,21-22,31-32,34,40H,9-20,24-28H2,(H,49,56,57). The number of nitriles is 1. The van der Waals surface area contributed by atoms with E-state index in [1.165, 1.54) is 5.69 Å². The van der Waals surface area contributed by atoms with Crippen molar-refractivity contribution in [3.63, 3.8) is 0 Å². The van der Waals surface area contributed by atoms with Crippen LogP contribution in [-0.2, 0) is 9.59 Å². The van der Waals surface area contributed by atoms with Gasteiger partial charge in [0.15, 0.2) is 0 Å². The van der Waals surface area contributed by atoms with Crippen molar-refractivity contribution < 1.29 is 24.0 Å². The zero-order chi connectivity index (χ0) is 41.3. The topological polar surface area (TPSA) is 141 Å². The van der Waals surface area contributed by atoms with Crippen molar-refractivity contribution in [3.05, 3.63) is 87.9 Å². The van der Waals surface area contributed by atoms with Crippen molar-refractivity contribution in [2.75, 3.05) is 80.1 Å². The Morgan fingerprint density at radius 2 is 1.37 bits per heavy atom. The average molecular weight is 829 g/mol. The van der Waals surface area contributed by atoms with Gasteiger partial charge >= 0.3 is 0 Å². The molecule has 0 radical (unpaired) electrons. The fourth-order valence-corrected chi connectivity index (χ4v) is 11.4. The van der Waals surface area contributed by atoms with Gasteiger partial charge in [0.05, 0.1) is 21.7 Å². The maximum absolute atomic E-state index is 13.6. The van der Waals surface area contributed by atoms with Gasteiger partial charge in [-0.1, -0.05) is 11.6 Å². The number of likely N-dealkylation sites (tertiary alicyclic amines) is 2. The van der Waals surface area contributed by atoms with E-state index in [0.717, 1.165) is 119 Å². The molecule has 3 unspecified atom stereocenters. The molecule has 7 aliphatic heterocycles. The molecular weight excluding hydrogens is 780 g/mol. The number of halogens is 1. The van der Waals surface area contributed by atoms with Crippen LogP contribution in [-0.4, -0.2) is 122 Å². The van der Waals surface area contributed by atoms with Crippen molar-refractivity contribution in [3.8, 4) is 6.07 Å². The molecule has 7 aliphatic rings. The fourth-order valence-electron chi connectivity index (χ4n) is 11.2. The van der Waals surface area contributed by atoms with Crippen LogP contribution in [0, 0.1) is 28.6 Å². The minimum atomic E-state index is -0.966. The molecule has 6 fully saturated rings. The molecule has 10 rings (SSSR count). The van der Waals surface area contributed by atoms with E-state index in [1.807, 2.05) is 35.2 Å². The molecule has 0 saturated carbocycles. The number of carbonyl (C=O) groups is 5. The molecule has 13 nitrogen and oxygen atoms in total. The highest BCUT2D eigenvalue weighted by Crippen LogP contribution is 2.43. The summed E-state index contributed by atoms with van der Waals surface area (Å²) in [6, 6.07) is 21.0. The monoisotopic (exact) mass is 828 g/mol. The molecular formula is C46H49ClN8O5. The van der Waals surface area contributed by atoms with Gasteiger partial charge in [0.25, 0.3) is 17.7 Å². The third-order valence-corrected chi connectivity index (χ3v) is 15.1. The molecule has 0 bridgehead atoms. The SMILES string of the molecule is N#Cc1ccc(N2CCC3(CCN(C(=O)c4ccc(N5CC6CN(C7CCN(c8ccc9c(c8)C(=O)N(C8CCC(=O)NC8=O)C9=O)CC7)CC6C5)cc4)CC3)C2)cc1Cl. The molecule has 3 atom stereocenters. The van der Waals surface area contributed by atoms with Crippen LogP contribution in [0.4, 0.5) is 17.1 Å². The van der Waals surface area contributed by atoms with Gasteiger partial charge in [-0.05, 0) is 116 Å². The van der Waals surface area contributed by atoms with Gasteiger partial charge in [0.2, 0.25) is 11.8 Å². The highest BCUT2D eigenvalue weighted by atomic mass is 35.5.